The number of aromatic nitrogens is 4. The molecule has 2 aliphatic rings. The molecular weight excluding hydrogens is 282 g/mol. The van der Waals surface area contributed by atoms with Gasteiger partial charge in [-0.2, -0.15) is 10.1 Å². The molecule has 2 fully saturated rings. The lowest BCUT2D eigenvalue weighted by molar-refractivity contribution is 0.0722. The summed E-state index contributed by atoms with van der Waals surface area (Å²) < 4.78 is 5.18. The van der Waals surface area contributed by atoms with Crippen molar-refractivity contribution in [1.82, 2.24) is 25.2 Å². The van der Waals surface area contributed by atoms with Gasteiger partial charge in [-0.25, -0.2) is 0 Å². The fourth-order valence-corrected chi connectivity index (χ4v) is 3.02. The van der Waals surface area contributed by atoms with E-state index in [1.54, 1.807) is 0 Å². The van der Waals surface area contributed by atoms with Crippen LogP contribution in [0.2, 0.25) is 0 Å². The van der Waals surface area contributed by atoms with E-state index in [0.29, 0.717) is 36.3 Å². The Kier molecular flexibility index (Phi) is 3.20. The van der Waals surface area contributed by atoms with Crippen LogP contribution in [0.1, 0.15) is 72.5 Å². The van der Waals surface area contributed by atoms with Crippen LogP contribution in [0.4, 0.5) is 0 Å². The maximum Gasteiger partial charge on any atom is 0.274 e. The molecule has 0 aromatic carbocycles. The van der Waals surface area contributed by atoms with E-state index in [0.717, 1.165) is 18.5 Å². The van der Waals surface area contributed by atoms with E-state index in [-0.39, 0.29) is 11.9 Å². The van der Waals surface area contributed by atoms with Crippen molar-refractivity contribution >= 4 is 5.91 Å². The first kappa shape index (κ1) is 13.5. The van der Waals surface area contributed by atoms with Crippen LogP contribution in [0, 0.1) is 0 Å². The van der Waals surface area contributed by atoms with Crippen molar-refractivity contribution in [3.8, 4) is 0 Å². The van der Waals surface area contributed by atoms with Crippen LogP contribution < -0.4 is 0 Å². The lowest BCUT2D eigenvalue weighted by Crippen LogP contribution is -2.31. The molecule has 116 valence electrons. The molecule has 7 nitrogen and oxygen atoms in total. The molecule has 0 spiro atoms. The van der Waals surface area contributed by atoms with E-state index in [9.17, 15) is 4.79 Å². The molecular formula is C15H19N5O2. The smallest absolute Gasteiger partial charge is 0.274 e. The third-order valence-electron chi connectivity index (χ3n) is 4.43. The number of carbonyl (C=O) groups excluding carboxylic acids is 1. The number of aromatic amines is 1. The molecule has 22 heavy (non-hydrogen) atoms. The standard InChI is InChI=1S/C15H19N5O2/c1-2-13-16-14(19-22-13)12-4-3-7-20(12)15(21)11-8-10(17-18-11)9-5-6-9/h8-9,12H,2-7H2,1H3,(H,17,18). The van der Waals surface area contributed by atoms with Crippen LogP contribution in [0.25, 0.3) is 0 Å². The normalized spacial score (nSPS) is 21.5. The predicted molar refractivity (Wildman–Crippen MR) is 77.3 cm³/mol. The van der Waals surface area contributed by atoms with Gasteiger partial charge in [-0.05, 0) is 31.7 Å². The molecule has 1 atom stereocenters. The molecule has 1 amide bonds. The Morgan fingerprint density at radius 1 is 1.45 bits per heavy atom. The summed E-state index contributed by atoms with van der Waals surface area (Å²) in [6.45, 7) is 2.68. The van der Waals surface area contributed by atoms with Gasteiger partial charge in [-0.1, -0.05) is 12.1 Å². The fourth-order valence-electron chi connectivity index (χ4n) is 3.02. The number of hydrogen-bond acceptors (Lipinski definition) is 5. The summed E-state index contributed by atoms with van der Waals surface area (Å²) in [6, 6.07) is 1.79. The van der Waals surface area contributed by atoms with Crippen molar-refractivity contribution < 1.29 is 9.32 Å². The van der Waals surface area contributed by atoms with Crippen molar-refractivity contribution in [2.24, 2.45) is 0 Å². The Labute approximate surface area is 128 Å². The predicted octanol–water partition coefficient (Wildman–Crippen LogP) is 2.21. The topological polar surface area (TPSA) is 87.9 Å². The molecule has 7 heteroatoms. The third-order valence-corrected chi connectivity index (χ3v) is 4.43. The van der Waals surface area contributed by atoms with Crippen LogP contribution in [-0.2, 0) is 6.42 Å². The monoisotopic (exact) mass is 301 g/mol. The number of rotatable bonds is 4. The van der Waals surface area contributed by atoms with E-state index >= 15 is 0 Å². The van der Waals surface area contributed by atoms with Crippen molar-refractivity contribution in [3.63, 3.8) is 0 Å². The van der Waals surface area contributed by atoms with E-state index in [1.165, 1.54) is 12.8 Å². The highest BCUT2D eigenvalue weighted by molar-refractivity contribution is 5.92. The number of aryl methyl sites for hydroxylation is 1. The first-order chi connectivity index (χ1) is 10.8. The zero-order chi connectivity index (χ0) is 15.1. The molecule has 0 radical (unpaired) electrons. The quantitative estimate of drug-likeness (QED) is 0.935. The number of likely N-dealkylation sites (tertiary alicyclic amines) is 1. The number of hydrogen-bond donors (Lipinski definition) is 1. The summed E-state index contributed by atoms with van der Waals surface area (Å²) in [5, 5.41) is 11.2. The lowest BCUT2D eigenvalue weighted by Gasteiger charge is -2.20. The van der Waals surface area contributed by atoms with E-state index < -0.39 is 0 Å². The van der Waals surface area contributed by atoms with Gasteiger partial charge in [0.05, 0.1) is 6.04 Å². The second-order valence-corrected chi connectivity index (χ2v) is 6.04. The average Bonchev–Trinajstić information content (AvgIpc) is 3.02. The van der Waals surface area contributed by atoms with Gasteiger partial charge in [-0.3, -0.25) is 9.89 Å². The number of carbonyl (C=O) groups is 1. The summed E-state index contributed by atoms with van der Waals surface area (Å²) in [6.07, 6.45) is 4.90. The minimum Gasteiger partial charge on any atom is -0.339 e. The van der Waals surface area contributed by atoms with Crippen molar-refractivity contribution in [3.05, 3.63) is 29.2 Å². The minimum absolute atomic E-state index is 0.0477. The van der Waals surface area contributed by atoms with Gasteiger partial charge in [0, 0.05) is 24.6 Å². The minimum atomic E-state index is -0.0994. The summed E-state index contributed by atoms with van der Waals surface area (Å²) in [5.41, 5.74) is 1.57. The van der Waals surface area contributed by atoms with Gasteiger partial charge in [0.15, 0.2) is 5.82 Å². The molecule has 3 heterocycles. The fraction of sp³-hybridized carbons (Fsp3) is 0.600. The first-order valence-corrected chi connectivity index (χ1v) is 7.95. The van der Waals surface area contributed by atoms with Gasteiger partial charge in [0.25, 0.3) is 5.91 Å². The molecule has 1 aliphatic carbocycles. The van der Waals surface area contributed by atoms with Crippen molar-refractivity contribution in [2.45, 2.75) is 51.0 Å². The molecule has 4 rings (SSSR count). The Balaban J connectivity index is 1.55. The van der Waals surface area contributed by atoms with Crippen molar-refractivity contribution in [2.75, 3.05) is 6.54 Å². The Morgan fingerprint density at radius 3 is 3.05 bits per heavy atom. The average molecular weight is 301 g/mol. The summed E-state index contributed by atoms with van der Waals surface area (Å²) in [5.74, 6) is 1.74. The summed E-state index contributed by atoms with van der Waals surface area (Å²) in [7, 11) is 0. The highest BCUT2D eigenvalue weighted by Gasteiger charge is 2.35. The third kappa shape index (κ3) is 2.30. The van der Waals surface area contributed by atoms with Crippen LogP contribution in [0.15, 0.2) is 10.6 Å². The van der Waals surface area contributed by atoms with Gasteiger partial charge in [0.2, 0.25) is 5.89 Å². The SMILES string of the molecule is CCc1nc(C2CCCN2C(=O)c2cc(C3CC3)[nH]n2)no1. The Hall–Kier alpha value is -2.18. The Bertz CT molecular complexity index is 688. The summed E-state index contributed by atoms with van der Waals surface area (Å²) >= 11 is 0. The highest BCUT2D eigenvalue weighted by Crippen LogP contribution is 2.39. The lowest BCUT2D eigenvalue weighted by atomic mass is 10.2. The molecule has 1 aliphatic heterocycles. The summed E-state index contributed by atoms with van der Waals surface area (Å²) in [4.78, 5) is 18.9. The van der Waals surface area contributed by atoms with Crippen LogP contribution in [0.3, 0.4) is 0 Å². The van der Waals surface area contributed by atoms with Gasteiger partial charge in [0.1, 0.15) is 5.69 Å². The molecule has 1 unspecified atom stereocenters. The number of nitrogens with one attached hydrogen (secondary N) is 1. The molecule has 0 bridgehead atoms. The first-order valence-electron chi connectivity index (χ1n) is 7.95. The highest BCUT2D eigenvalue weighted by atomic mass is 16.5. The number of nitrogens with zero attached hydrogens (tertiary/aromatic N) is 4. The maximum absolute atomic E-state index is 12.7. The van der Waals surface area contributed by atoms with Crippen LogP contribution >= 0.6 is 0 Å². The number of amides is 1. The number of H-pyrrole nitrogens is 1. The second-order valence-electron chi connectivity index (χ2n) is 6.04. The maximum atomic E-state index is 12.7. The zero-order valence-corrected chi connectivity index (χ0v) is 12.6. The van der Waals surface area contributed by atoms with E-state index in [1.807, 2.05) is 17.9 Å². The van der Waals surface area contributed by atoms with Gasteiger partial charge < -0.3 is 9.42 Å². The van der Waals surface area contributed by atoms with Crippen LogP contribution in [0.5, 0.6) is 0 Å². The second kappa shape index (κ2) is 5.23. The zero-order valence-electron chi connectivity index (χ0n) is 12.6. The van der Waals surface area contributed by atoms with Crippen LogP contribution in [-0.4, -0.2) is 37.7 Å². The van der Waals surface area contributed by atoms with E-state index in [2.05, 4.69) is 20.3 Å². The Morgan fingerprint density at radius 2 is 2.32 bits per heavy atom. The molecule has 1 N–H and O–H groups in total. The van der Waals surface area contributed by atoms with Gasteiger partial charge in [-0.15, -0.1) is 0 Å². The van der Waals surface area contributed by atoms with Crippen molar-refractivity contribution in [1.29, 1.82) is 0 Å². The largest absolute Gasteiger partial charge is 0.339 e. The molecule has 2 aromatic rings. The van der Waals surface area contributed by atoms with Gasteiger partial charge >= 0.3 is 0 Å². The molecule has 1 saturated carbocycles. The van der Waals surface area contributed by atoms with E-state index in [4.69, 9.17) is 4.52 Å². The molecule has 1 saturated heterocycles. The molecule has 2 aromatic heterocycles.